The topological polar surface area (TPSA) is 24.6 Å². The molecule has 0 amide bonds. The third kappa shape index (κ3) is 2.19. The molecule has 4 aromatic rings. The van der Waals surface area contributed by atoms with Crippen LogP contribution < -0.4 is 0 Å². The fraction of sp³-hybridized carbons (Fsp3) is 0.0909. The Bertz CT molecular complexity index is 1040. The molecule has 0 saturated carbocycles. The Morgan fingerprint density at radius 1 is 0.958 bits per heavy atom. The molecule has 24 heavy (non-hydrogen) atoms. The first-order valence-electron chi connectivity index (χ1n) is 8.17. The molecule has 2 aromatic carbocycles. The first kappa shape index (κ1) is 14.6. The maximum Gasteiger partial charge on any atom is 0.0755 e. The minimum absolute atomic E-state index is 0.711. The number of fused-ring (bicyclic) bond motifs is 3. The Labute approximate surface area is 141 Å². The number of pyridine rings is 1. The van der Waals surface area contributed by atoms with E-state index >= 15 is 0 Å². The van der Waals surface area contributed by atoms with E-state index in [1.54, 1.807) is 6.08 Å². The number of allylic oxidation sites excluding steroid dienone is 1. The van der Waals surface area contributed by atoms with E-state index in [2.05, 4.69) is 72.1 Å². The molecular weight excluding hydrogens is 294 g/mol. The number of hydrogen-bond acceptors (Lipinski definition) is 1. The molecule has 0 fully saturated rings. The number of rotatable bonds is 3. The lowest BCUT2D eigenvalue weighted by molar-refractivity contribution is 0.471. The van der Waals surface area contributed by atoms with E-state index in [9.17, 15) is 0 Å². The van der Waals surface area contributed by atoms with Crippen molar-refractivity contribution in [1.82, 2.24) is 4.40 Å². The summed E-state index contributed by atoms with van der Waals surface area (Å²) < 4.78 is 2.27. The minimum Gasteiger partial charge on any atom is -0.516 e. The molecule has 0 aliphatic rings. The van der Waals surface area contributed by atoms with E-state index in [1.807, 2.05) is 6.07 Å². The molecule has 0 aliphatic carbocycles. The van der Waals surface area contributed by atoms with Crippen molar-refractivity contribution in [2.24, 2.45) is 0 Å². The number of hydrogen-bond donors (Lipinski definition) is 1. The van der Waals surface area contributed by atoms with Gasteiger partial charge in [0.05, 0.1) is 11.8 Å². The fourth-order valence-corrected chi connectivity index (χ4v) is 3.56. The van der Waals surface area contributed by atoms with Crippen molar-refractivity contribution in [2.75, 3.05) is 0 Å². The Balaban J connectivity index is 2.17. The van der Waals surface area contributed by atoms with Gasteiger partial charge in [0.25, 0.3) is 0 Å². The van der Waals surface area contributed by atoms with Gasteiger partial charge in [-0.15, -0.1) is 0 Å². The van der Waals surface area contributed by atoms with Crippen LogP contribution >= 0.6 is 0 Å². The molecule has 2 heterocycles. The van der Waals surface area contributed by atoms with Crippen molar-refractivity contribution in [3.8, 4) is 11.1 Å². The molecule has 0 spiro atoms. The van der Waals surface area contributed by atoms with Crippen LogP contribution in [0.2, 0.25) is 0 Å². The molecule has 0 bridgehead atoms. The smallest absolute Gasteiger partial charge is 0.0755 e. The van der Waals surface area contributed by atoms with Crippen molar-refractivity contribution in [2.45, 2.75) is 13.3 Å². The standard InChI is InChI=1S/C22H19NO/c1-16-19(12-7-15-24)21(18-9-3-2-4-10-18)22-20-11-6-5-8-17(20)13-14-23(16)22/h2-11,13-15,24H,12H2,1H3. The number of nitrogens with zero attached hydrogens (tertiary/aromatic N) is 1. The average molecular weight is 313 g/mol. The van der Waals surface area contributed by atoms with Crippen molar-refractivity contribution < 1.29 is 5.11 Å². The molecule has 1 N–H and O–H groups in total. The quantitative estimate of drug-likeness (QED) is 0.483. The number of aromatic nitrogens is 1. The van der Waals surface area contributed by atoms with E-state index < -0.39 is 0 Å². The lowest BCUT2D eigenvalue weighted by Crippen LogP contribution is -1.89. The first-order valence-corrected chi connectivity index (χ1v) is 8.17. The zero-order chi connectivity index (χ0) is 16.5. The van der Waals surface area contributed by atoms with E-state index in [0.717, 1.165) is 6.26 Å². The fourth-order valence-electron chi connectivity index (χ4n) is 3.56. The second-order valence-electron chi connectivity index (χ2n) is 6.02. The predicted molar refractivity (Wildman–Crippen MR) is 101 cm³/mol. The van der Waals surface area contributed by atoms with Gasteiger partial charge >= 0.3 is 0 Å². The zero-order valence-electron chi connectivity index (χ0n) is 13.6. The molecule has 2 nitrogen and oxygen atoms in total. The van der Waals surface area contributed by atoms with Gasteiger partial charge in [0.15, 0.2) is 0 Å². The minimum atomic E-state index is 0.711. The Morgan fingerprint density at radius 2 is 1.71 bits per heavy atom. The number of aliphatic hydroxyl groups excluding tert-OH is 1. The summed E-state index contributed by atoms with van der Waals surface area (Å²) >= 11 is 0. The van der Waals surface area contributed by atoms with Crippen LogP contribution in [0.1, 0.15) is 11.3 Å². The van der Waals surface area contributed by atoms with Gasteiger partial charge in [0, 0.05) is 22.8 Å². The predicted octanol–water partition coefficient (Wildman–Crippen LogP) is 5.68. The van der Waals surface area contributed by atoms with Gasteiger partial charge in [-0.1, -0.05) is 54.6 Å². The summed E-state index contributed by atoms with van der Waals surface area (Å²) in [5, 5.41) is 11.6. The molecule has 4 rings (SSSR count). The summed E-state index contributed by atoms with van der Waals surface area (Å²) in [5.41, 5.74) is 6.16. The number of aryl methyl sites for hydroxylation is 1. The highest BCUT2D eigenvalue weighted by molar-refractivity contribution is 6.05. The molecule has 0 aliphatic heterocycles. The Hall–Kier alpha value is -3.00. The number of benzene rings is 2. The van der Waals surface area contributed by atoms with Crippen LogP contribution in [0.5, 0.6) is 0 Å². The van der Waals surface area contributed by atoms with E-state index in [0.29, 0.717) is 6.42 Å². The summed E-state index contributed by atoms with van der Waals surface area (Å²) in [5.74, 6) is 0. The molecule has 0 atom stereocenters. The molecule has 2 aromatic heterocycles. The third-order valence-corrected chi connectivity index (χ3v) is 4.69. The molecule has 2 heteroatoms. The first-order chi connectivity index (χ1) is 11.8. The van der Waals surface area contributed by atoms with Crippen LogP contribution in [0.4, 0.5) is 0 Å². The van der Waals surface area contributed by atoms with Crippen LogP contribution in [0.25, 0.3) is 27.4 Å². The largest absolute Gasteiger partial charge is 0.516 e. The highest BCUT2D eigenvalue weighted by atomic mass is 16.2. The van der Waals surface area contributed by atoms with Crippen LogP contribution in [-0.4, -0.2) is 9.51 Å². The molecule has 0 radical (unpaired) electrons. The summed E-state index contributed by atoms with van der Waals surface area (Å²) in [4.78, 5) is 0. The van der Waals surface area contributed by atoms with Gasteiger partial charge < -0.3 is 9.51 Å². The Morgan fingerprint density at radius 3 is 2.50 bits per heavy atom. The second-order valence-corrected chi connectivity index (χ2v) is 6.02. The van der Waals surface area contributed by atoms with Crippen molar-refractivity contribution in [1.29, 1.82) is 0 Å². The van der Waals surface area contributed by atoms with Gasteiger partial charge in [0.1, 0.15) is 0 Å². The van der Waals surface area contributed by atoms with Crippen molar-refractivity contribution in [3.63, 3.8) is 0 Å². The van der Waals surface area contributed by atoms with E-state index in [4.69, 9.17) is 5.11 Å². The van der Waals surface area contributed by atoms with Crippen molar-refractivity contribution in [3.05, 3.63) is 90.5 Å². The van der Waals surface area contributed by atoms with Gasteiger partial charge in [-0.05, 0) is 42.0 Å². The zero-order valence-corrected chi connectivity index (χ0v) is 13.6. The SMILES string of the molecule is Cc1c(CC=CO)c(-c2ccccc2)c2c3ccccc3ccn12. The second kappa shape index (κ2) is 5.89. The Kier molecular flexibility index (Phi) is 3.58. The highest BCUT2D eigenvalue weighted by Crippen LogP contribution is 2.37. The molecule has 118 valence electrons. The summed E-state index contributed by atoms with van der Waals surface area (Å²) in [6.07, 6.45) is 5.79. The van der Waals surface area contributed by atoms with Gasteiger partial charge in [-0.3, -0.25) is 0 Å². The molecule has 0 saturated heterocycles. The normalized spacial score (nSPS) is 11.7. The van der Waals surface area contributed by atoms with Crippen LogP contribution in [0.15, 0.2) is 79.2 Å². The van der Waals surface area contributed by atoms with Crippen LogP contribution in [0.3, 0.4) is 0 Å². The van der Waals surface area contributed by atoms with Gasteiger partial charge in [-0.25, -0.2) is 0 Å². The summed E-state index contributed by atoms with van der Waals surface area (Å²) in [7, 11) is 0. The summed E-state index contributed by atoms with van der Waals surface area (Å²) in [6.45, 7) is 2.15. The number of aliphatic hydroxyl groups is 1. The van der Waals surface area contributed by atoms with Gasteiger partial charge in [0.2, 0.25) is 0 Å². The maximum absolute atomic E-state index is 9.14. The third-order valence-electron chi connectivity index (χ3n) is 4.69. The monoisotopic (exact) mass is 313 g/mol. The maximum atomic E-state index is 9.14. The van der Waals surface area contributed by atoms with Crippen molar-refractivity contribution >= 4 is 16.3 Å². The molecule has 0 unspecified atom stereocenters. The lowest BCUT2D eigenvalue weighted by atomic mass is 9.97. The van der Waals surface area contributed by atoms with E-state index in [1.165, 1.54) is 38.7 Å². The summed E-state index contributed by atoms with van der Waals surface area (Å²) in [6, 6.07) is 21.2. The average Bonchev–Trinajstić information content (AvgIpc) is 2.93. The molecular formula is C22H19NO. The lowest BCUT2D eigenvalue weighted by Gasteiger charge is -2.07. The van der Waals surface area contributed by atoms with E-state index in [-0.39, 0.29) is 0 Å². The van der Waals surface area contributed by atoms with Crippen LogP contribution in [0, 0.1) is 6.92 Å². The van der Waals surface area contributed by atoms with Gasteiger partial charge in [-0.2, -0.15) is 0 Å². The highest BCUT2D eigenvalue weighted by Gasteiger charge is 2.17. The van der Waals surface area contributed by atoms with Crippen LogP contribution in [-0.2, 0) is 6.42 Å².